The molecular formula is C28H32N2O5. The number of carbonyl (C=O) groups excluding carboxylic acids is 2. The Balaban J connectivity index is 1.29. The number of carboxylic acids is 1. The van der Waals surface area contributed by atoms with Gasteiger partial charge in [0, 0.05) is 13.0 Å². The summed E-state index contributed by atoms with van der Waals surface area (Å²) in [6, 6.07) is 15.5. The Bertz CT molecular complexity index is 1090. The van der Waals surface area contributed by atoms with E-state index in [9.17, 15) is 19.5 Å². The van der Waals surface area contributed by atoms with E-state index in [4.69, 9.17) is 4.74 Å². The first-order valence-corrected chi connectivity index (χ1v) is 12.5. The molecule has 2 saturated carbocycles. The van der Waals surface area contributed by atoms with Gasteiger partial charge in [-0.3, -0.25) is 4.79 Å². The van der Waals surface area contributed by atoms with Crippen LogP contribution in [0.5, 0.6) is 0 Å². The van der Waals surface area contributed by atoms with Gasteiger partial charge in [0.25, 0.3) is 0 Å². The van der Waals surface area contributed by atoms with Gasteiger partial charge in [-0.1, -0.05) is 67.8 Å². The zero-order valence-electron chi connectivity index (χ0n) is 20.0. The fraction of sp³-hybridized carbons (Fsp3) is 0.464. The summed E-state index contributed by atoms with van der Waals surface area (Å²) in [5.41, 5.74) is 3.35. The number of fused-ring (bicyclic) bond motifs is 3. The average Bonchev–Trinajstić information content (AvgIpc) is 3.45. The van der Waals surface area contributed by atoms with Gasteiger partial charge in [-0.25, -0.2) is 9.59 Å². The molecule has 0 bridgehead atoms. The monoisotopic (exact) mass is 476 g/mol. The number of carboxylic acid groups (broad SMARTS) is 1. The van der Waals surface area contributed by atoms with Crippen LogP contribution in [0.2, 0.25) is 0 Å². The summed E-state index contributed by atoms with van der Waals surface area (Å²) >= 11 is 0. The predicted molar refractivity (Wildman–Crippen MR) is 131 cm³/mol. The number of aliphatic carboxylic acids is 1. The van der Waals surface area contributed by atoms with Crippen LogP contribution in [0, 0.1) is 5.92 Å². The highest BCUT2D eigenvalue weighted by Crippen LogP contribution is 2.44. The molecule has 2 aromatic carbocycles. The second kappa shape index (κ2) is 9.36. The summed E-state index contributed by atoms with van der Waals surface area (Å²) in [7, 11) is 1.56. The fourth-order valence-electron chi connectivity index (χ4n) is 5.99. The summed E-state index contributed by atoms with van der Waals surface area (Å²) < 4.78 is 5.68. The molecule has 3 aliphatic rings. The van der Waals surface area contributed by atoms with Crippen molar-refractivity contribution in [3.63, 3.8) is 0 Å². The Hall–Kier alpha value is -3.35. The van der Waals surface area contributed by atoms with Gasteiger partial charge < -0.3 is 20.1 Å². The zero-order valence-corrected chi connectivity index (χ0v) is 20.0. The third kappa shape index (κ3) is 4.07. The minimum Gasteiger partial charge on any atom is -0.479 e. The van der Waals surface area contributed by atoms with Gasteiger partial charge in [0.15, 0.2) is 0 Å². The molecule has 7 nitrogen and oxygen atoms in total. The first kappa shape index (κ1) is 23.4. The van der Waals surface area contributed by atoms with E-state index in [1.54, 1.807) is 7.05 Å². The summed E-state index contributed by atoms with van der Waals surface area (Å²) in [5, 5.41) is 12.7. The van der Waals surface area contributed by atoms with Gasteiger partial charge in [-0.05, 0) is 53.9 Å². The number of benzene rings is 2. The quantitative estimate of drug-likeness (QED) is 0.611. The highest BCUT2D eigenvalue weighted by Gasteiger charge is 2.49. The van der Waals surface area contributed by atoms with Crippen molar-refractivity contribution < 1.29 is 24.2 Å². The van der Waals surface area contributed by atoms with Crippen molar-refractivity contribution in [2.75, 3.05) is 13.7 Å². The Kier molecular flexibility index (Phi) is 6.26. The third-order valence-corrected chi connectivity index (χ3v) is 8.31. The number of hydrogen-bond acceptors (Lipinski definition) is 4. The van der Waals surface area contributed by atoms with Crippen LogP contribution in [0.25, 0.3) is 11.1 Å². The predicted octanol–water partition coefficient (Wildman–Crippen LogP) is 4.55. The van der Waals surface area contributed by atoms with Gasteiger partial charge in [0.1, 0.15) is 18.2 Å². The molecule has 7 heteroatoms. The number of hydrogen-bond donors (Lipinski definition) is 2. The third-order valence-electron chi connectivity index (χ3n) is 8.31. The summed E-state index contributed by atoms with van der Waals surface area (Å²) in [6.45, 7) is 0.167. The van der Waals surface area contributed by atoms with Gasteiger partial charge >= 0.3 is 12.1 Å². The van der Waals surface area contributed by atoms with Crippen molar-refractivity contribution >= 4 is 18.0 Å². The number of rotatable bonds is 7. The molecule has 3 aliphatic carbocycles. The Morgan fingerprint density at radius 3 is 2.09 bits per heavy atom. The van der Waals surface area contributed by atoms with Gasteiger partial charge in [-0.2, -0.15) is 0 Å². The van der Waals surface area contributed by atoms with E-state index in [1.165, 1.54) is 4.90 Å². The first-order chi connectivity index (χ1) is 16.9. The minimum atomic E-state index is -1.19. The Labute approximate surface area is 205 Å². The molecule has 2 aromatic rings. The SMILES string of the molecule is CN(C(=O)C(NC(=O)OCC1c2ccccc2-c2ccccc21)C1CCC1)C1(C(=O)O)CCCC1. The van der Waals surface area contributed by atoms with E-state index < -0.39 is 23.6 Å². The van der Waals surface area contributed by atoms with E-state index in [0.717, 1.165) is 54.4 Å². The van der Waals surface area contributed by atoms with Crippen LogP contribution in [0.1, 0.15) is 62.0 Å². The van der Waals surface area contributed by atoms with E-state index in [-0.39, 0.29) is 24.3 Å². The molecular weight excluding hydrogens is 444 g/mol. The number of nitrogens with one attached hydrogen (secondary N) is 1. The number of ether oxygens (including phenoxy) is 1. The maximum absolute atomic E-state index is 13.5. The highest BCUT2D eigenvalue weighted by molar-refractivity contribution is 5.91. The second-order valence-electron chi connectivity index (χ2n) is 10.1. The van der Waals surface area contributed by atoms with Gasteiger partial charge in [0.05, 0.1) is 0 Å². The lowest BCUT2D eigenvalue weighted by Gasteiger charge is -2.40. The number of carbonyl (C=O) groups is 3. The topological polar surface area (TPSA) is 95.9 Å². The summed E-state index contributed by atoms with van der Waals surface area (Å²) in [4.78, 5) is 39.9. The molecule has 2 N–H and O–H groups in total. The van der Waals surface area contributed by atoms with Crippen molar-refractivity contribution in [1.82, 2.24) is 10.2 Å². The molecule has 35 heavy (non-hydrogen) atoms. The number of nitrogens with zero attached hydrogens (tertiary/aromatic N) is 1. The van der Waals surface area contributed by atoms with E-state index in [1.807, 2.05) is 24.3 Å². The van der Waals surface area contributed by atoms with E-state index >= 15 is 0 Å². The molecule has 0 saturated heterocycles. The highest BCUT2D eigenvalue weighted by atomic mass is 16.5. The molecule has 5 rings (SSSR count). The van der Waals surface area contributed by atoms with Crippen LogP contribution in [-0.2, 0) is 14.3 Å². The minimum absolute atomic E-state index is 0.00215. The Morgan fingerprint density at radius 1 is 1.00 bits per heavy atom. The summed E-state index contributed by atoms with van der Waals surface area (Å²) in [6.07, 6.45) is 4.44. The number of amides is 2. The average molecular weight is 477 g/mol. The number of alkyl carbamates (subject to hydrolysis) is 1. The molecule has 184 valence electrons. The van der Waals surface area contributed by atoms with Crippen LogP contribution >= 0.6 is 0 Å². The van der Waals surface area contributed by atoms with Crippen molar-refractivity contribution in [3.05, 3.63) is 59.7 Å². The molecule has 2 fully saturated rings. The van der Waals surface area contributed by atoms with Crippen LogP contribution in [0.4, 0.5) is 4.79 Å². The van der Waals surface area contributed by atoms with Crippen LogP contribution in [0.3, 0.4) is 0 Å². The molecule has 2 amide bonds. The lowest BCUT2D eigenvalue weighted by molar-refractivity contribution is -0.159. The smallest absolute Gasteiger partial charge is 0.407 e. The van der Waals surface area contributed by atoms with Crippen molar-refractivity contribution in [2.24, 2.45) is 5.92 Å². The summed E-state index contributed by atoms with van der Waals surface area (Å²) in [5.74, 6) is -1.38. The van der Waals surface area contributed by atoms with Crippen LogP contribution in [0.15, 0.2) is 48.5 Å². The van der Waals surface area contributed by atoms with Crippen molar-refractivity contribution in [3.8, 4) is 11.1 Å². The van der Waals surface area contributed by atoms with E-state index in [0.29, 0.717) is 12.8 Å². The molecule has 0 spiro atoms. The largest absolute Gasteiger partial charge is 0.479 e. The molecule has 1 unspecified atom stereocenters. The number of likely N-dealkylation sites (N-methyl/N-ethyl adjacent to an activating group) is 1. The molecule has 0 heterocycles. The lowest BCUT2D eigenvalue weighted by atomic mass is 9.78. The van der Waals surface area contributed by atoms with E-state index in [2.05, 4.69) is 29.6 Å². The lowest BCUT2D eigenvalue weighted by Crippen LogP contribution is -2.61. The van der Waals surface area contributed by atoms with Crippen molar-refractivity contribution in [2.45, 2.75) is 62.4 Å². The van der Waals surface area contributed by atoms with Gasteiger partial charge in [0.2, 0.25) is 5.91 Å². The molecule has 0 aromatic heterocycles. The first-order valence-electron chi connectivity index (χ1n) is 12.5. The standard InChI is InChI=1S/C28H32N2O5/c1-30(28(26(32)33)15-6-7-16-28)25(31)24(18-9-8-10-18)29-27(34)35-17-23-21-13-4-2-11-19(21)20-12-3-5-14-22(20)23/h2-5,11-14,18,23-24H,6-10,15-17H2,1H3,(H,29,34)(H,32,33). The second-order valence-corrected chi connectivity index (χ2v) is 10.1. The van der Waals surface area contributed by atoms with Crippen molar-refractivity contribution in [1.29, 1.82) is 0 Å². The zero-order chi connectivity index (χ0) is 24.6. The van der Waals surface area contributed by atoms with Crippen LogP contribution in [-0.4, -0.2) is 53.2 Å². The van der Waals surface area contributed by atoms with Crippen LogP contribution < -0.4 is 5.32 Å². The Morgan fingerprint density at radius 2 is 1.57 bits per heavy atom. The fourth-order valence-corrected chi connectivity index (χ4v) is 5.99. The molecule has 0 aliphatic heterocycles. The molecule has 0 radical (unpaired) electrons. The normalized spacial score (nSPS) is 19.2. The van der Waals surface area contributed by atoms with Gasteiger partial charge in [-0.15, -0.1) is 0 Å². The maximum atomic E-state index is 13.5. The molecule has 1 atom stereocenters. The maximum Gasteiger partial charge on any atom is 0.407 e.